The molecule has 4 rings (SSSR count). The Hall–Kier alpha value is -0.320. The van der Waals surface area contributed by atoms with E-state index in [0.717, 1.165) is 38.5 Å². The van der Waals surface area contributed by atoms with Crippen LogP contribution in [-0.4, -0.2) is 75.0 Å². The van der Waals surface area contributed by atoms with Crippen molar-refractivity contribution in [3.8, 4) is 0 Å². The highest BCUT2D eigenvalue weighted by Crippen LogP contribution is 2.65. The van der Waals surface area contributed by atoms with E-state index in [-0.39, 0.29) is 22.4 Å². The minimum atomic E-state index is -0.341. The summed E-state index contributed by atoms with van der Waals surface area (Å²) in [6.07, 6.45) is 5.01. The second kappa shape index (κ2) is 7.97. The summed E-state index contributed by atoms with van der Waals surface area (Å²) in [5, 5.41) is 0. The summed E-state index contributed by atoms with van der Waals surface area (Å²) in [4.78, 5) is 0. The first kappa shape index (κ1) is 20.4. The highest BCUT2D eigenvalue weighted by atomic mass is 16.6. The van der Waals surface area contributed by atoms with Gasteiger partial charge in [0.15, 0.2) is 0 Å². The standard InChI is InChI=1S/C18H36N4O4/c19-1-5-23-15-9-16(24-6-2-20)12-17(10-15,25-7-3-21)14-18(11-15,13-16)26-8-4-22/h1-14,19-22H2. The average molecular weight is 373 g/mol. The van der Waals surface area contributed by atoms with Gasteiger partial charge in [-0.1, -0.05) is 0 Å². The fourth-order valence-corrected chi connectivity index (χ4v) is 5.99. The molecule has 0 aromatic rings. The number of nitrogens with two attached hydrogens (primary N) is 4. The third kappa shape index (κ3) is 3.93. The third-order valence-corrected chi connectivity index (χ3v) is 5.97. The molecular formula is C18H36N4O4. The number of hydrogen-bond acceptors (Lipinski definition) is 8. The van der Waals surface area contributed by atoms with Crippen molar-refractivity contribution in [3.05, 3.63) is 0 Å². The van der Waals surface area contributed by atoms with E-state index in [9.17, 15) is 0 Å². The van der Waals surface area contributed by atoms with Gasteiger partial charge >= 0.3 is 0 Å². The summed E-state index contributed by atoms with van der Waals surface area (Å²) in [5.41, 5.74) is 21.6. The minimum absolute atomic E-state index is 0.341. The molecule has 0 atom stereocenters. The summed E-state index contributed by atoms with van der Waals surface area (Å²) in [5.74, 6) is 0. The van der Waals surface area contributed by atoms with Crippen LogP contribution in [0.15, 0.2) is 0 Å². The van der Waals surface area contributed by atoms with E-state index < -0.39 is 0 Å². The summed E-state index contributed by atoms with van der Waals surface area (Å²) < 4.78 is 25.4. The molecule has 8 heteroatoms. The highest BCUT2D eigenvalue weighted by molar-refractivity contribution is 5.23. The van der Waals surface area contributed by atoms with Crippen molar-refractivity contribution in [3.63, 3.8) is 0 Å². The summed E-state index contributed by atoms with van der Waals surface area (Å²) >= 11 is 0. The third-order valence-electron chi connectivity index (χ3n) is 5.97. The first-order chi connectivity index (χ1) is 12.5. The molecule has 0 amide bonds. The van der Waals surface area contributed by atoms with Crippen molar-refractivity contribution in [2.45, 2.75) is 60.9 Å². The lowest BCUT2D eigenvalue weighted by Crippen LogP contribution is -2.74. The molecule has 0 heterocycles. The second-order valence-corrected chi connectivity index (χ2v) is 8.34. The van der Waals surface area contributed by atoms with E-state index >= 15 is 0 Å². The topological polar surface area (TPSA) is 141 Å². The molecule has 0 saturated heterocycles. The normalized spacial score (nSPS) is 41.1. The van der Waals surface area contributed by atoms with E-state index in [1.54, 1.807) is 0 Å². The van der Waals surface area contributed by atoms with E-state index in [1.807, 2.05) is 0 Å². The molecule has 4 fully saturated rings. The fourth-order valence-electron chi connectivity index (χ4n) is 5.99. The molecule has 152 valence electrons. The molecule has 4 aliphatic carbocycles. The van der Waals surface area contributed by atoms with Gasteiger partial charge in [0.2, 0.25) is 0 Å². The second-order valence-electron chi connectivity index (χ2n) is 8.34. The van der Waals surface area contributed by atoms with Gasteiger partial charge in [0, 0.05) is 64.7 Å². The van der Waals surface area contributed by atoms with Crippen LogP contribution < -0.4 is 22.9 Å². The maximum Gasteiger partial charge on any atom is 0.0765 e. The van der Waals surface area contributed by atoms with Crippen LogP contribution in [0.1, 0.15) is 38.5 Å². The molecular weight excluding hydrogens is 336 g/mol. The molecule has 4 bridgehead atoms. The van der Waals surface area contributed by atoms with Crippen LogP contribution in [0.5, 0.6) is 0 Å². The predicted octanol–water partition coefficient (Wildman–Crippen LogP) is -0.776. The molecule has 26 heavy (non-hydrogen) atoms. The largest absolute Gasteiger partial charge is 0.373 e. The number of hydrogen-bond donors (Lipinski definition) is 4. The Morgan fingerprint density at radius 2 is 0.615 bits per heavy atom. The molecule has 8 nitrogen and oxygen atoms in total. The van der Waals surface area contributed by atoms with Crippen LogP contribution in [0.25, 0.3) is 0 Å². The lowest BCUT2D eigenvalue weighted by atomic mass is 9.48. The van der Waals surface area contributed by atoms with Gasteiger partial charge in [-0.05, 0) is 0 Å². The SMILES string of the molecule is NCCOC12CC3(OCCN)CC(OCCN)(C1)CC(OCCN)(C2)C3. The van der Waals surface area contributed by atoms with Crippen LogP contribution in [0.4, 0.5) is 0 Å². The molecule has 8 N–H and O–H groups in total. The Labute approximate surface area is 156 Å². The smallest absolute Gasteiger partial charge is 0.0765 e. The zero-order valence-electron chi connectivity index (χ0n) is 15.8. The molecule has 4 aliphatic rings. The van der Waals surface area contributed by atoms with Gasteiger partial charge < -0.3 is 41.9 Å². The zero-order valence-corrected chi connectivity index (χ0v) is 15.8. The lowest BCUT2D eigenvalue weighted by molar-refractivity contribution is -0.332. The van der Waals surface area contributed by atoms with E-state index in [2.05, 4.69) is 0 Å². The maximum absolute atomic E-state index is 6.35. The van der Waals surface area contributed by atoms with Gasteiger partial charge in [-0.25, -0.2) is 0 Å². The first-order valence-corrected chi connectivity index (χ1v) is 9.85. The van der Waals surface area contributed by atoms with Crippen molar-refractivity contribution in [2.24, 2.45) is 22.9 Å². The van der Waals surface area contributed by atoms with Gasteiger partial charge in [0.25, 0.3) is 0 Å². The zero-order chi connectivity index (χ0) is 18.7. The fraction of sp³-hybridized carbons (Fsp3) is 1.00. The van der Waals surface area contributed by atoms with E-state index in [4.69, 9.17) is 41.9 Å². The molecule has 0 radical (unpaired) electrons. The predicted molar refractivity (Wildman–Crippen MR) is 98.7 cm³/mol. The van der Waals surface area contributed by atoms with Crippen LogP contribution in [-0.2, 0) is 18.9 Å². The molecule has 0 aromatic carbocycles. The highest BCUT2D eigenvalue weighted by Gasteiger charge is 2.70. The Morgan fingerprint density at radius 1 is 0.423 bits per heavy atom. The quantitative estimate of drug-likeness (QED) is 0.350. The van der Waals surface area contributed by atoms with Gasteiger partial charge in [-0.15, -0.1) is 0 Å². The van der Waals surface area contributed by atoms with Crippen LogP contribution >= 0.6 is 0 Å². The van der Waals surface area contributed by atoms with Crippen molar-refractivity contribution >= 4 is 0 Å². The summed E-state index contributed by atoms with van der Waals surface area (Å²) in [7, 11) is 0. The Bertz CT molecular complexity index is 359. The molecule has 0 spiro atoms. The van der Waals surface area contributed by atoms with Gasteiger partial charge in [0.05, 0.1) is 48.8 Å². The van der Waals surface area contributed by atoms with Gasteiger partial charge in [-0.3, -0.25) is 0 Å². The van der Waals surface area contributed by atoms with Gasteiger partial charge in [-0.2, -0.15) is 0 Å². The van der Waals surface area contributed by atoms with Crippen molar-refractivity contribution in [1.82, 2.24) is 0 Å². The molecule has 0 unspecified atom stereocenters. The molecule has 0 aromatic heterocycles. The van der Waals surface area contributed by atoms with Crippen molar-refractivity contribution in [1.29, 1.82) is 0 Å². The number of ether oxygens (including phenoxy) is 4. The summed E-state index contributed by atoms with van der Waals surface area (Å²) in [6, 6.07) is 0. The van der Waals surface area contributed by atoms with Crippen LogP contribution in [0.2, 0.25) is 0 Å². The van der Waals surface area contributed by atoms with Crippen molar-refractivity contribution < 1.29 is 18.9 Å². The summed E-state index contributed by atoms with van der Waals surface area (Å²) in [6.45, 7) is 4.05. The van der Waals surface area contributed by atoms with E-state index in [0.29, 0.717) is 52.6 Å². The Balaban J connectivity index is 1.93. The number of rotatable bonds is 12. The first-order valence-electron chi connectivity index (χ1n) is 9.85. The lowest BCUT2D eigenvalue weighted by Gasteiger charge is -2.68. The average Bonchev–Trinajstić information content (AvgIpc) is 2.60. The van der Waals surface area contributed by atoms with Crippen molar-refractivity contribution in [2.75, 3.05) is 52.6 Å². The van der Waals surface area contributed by atoms with Crippen LogP contribution in [0, 0.1) is 0 Å². The van der Waals surface area contributed by atoms with Crippen LogP contribution in [0.3, 0.4) is 0 Å². The maximum atomic E-state index is 6.35. The molecule has 4 saturated carbocycles. The molecule has 0 aliphatic heterocycles. The Morgan fingerprint density at radius 3 is 0.769 bits per heavy atom. The van der Waals surface area contributed by atoms with E-state index in [1.165, 1.54) is 0 Å². The Kier molecular flexibility index (Phi) is 6.26. The minimum Gasteiger partial charge on any atom is -0.373 e. The van der Waals surface area contributed by atoms with Gasteiger partial charge in [0.1, 0.15) is 0 Å². The monoisotopic (exact) mass is 372 g/mol.